The zero-order valence-corrected chi connectivity index (χ0v) is 18.8. The lowest BCUT2D eigenvalue weighted by atomic mass is 9.95. The van der Waals surface area contributed by atoms with Crippen molar-refractivity contribution in [3.8, 4) is 0 Å². The van der Waals surface area contributed by atoms with Crippen molar-refractivity contribution in [2.24, 2.45) is 10.9 Å². The van der Waals surface area contributed by atoms with Crippen molar-refractivity contribution < 1.29 is 9.00 Å². The molecule has 2 aliphatic carbocycles. The number of hydrogen-bond acceptors (Lipinski definition) is 3. The predicted octanol–water partition coefficient (Wildman–Crippen LogP) is 3.28. The summed E-state index contributed by atoms with van der Waals surface area (Å²) < 4.78 is 10.9. The molecule has 0 saturated carbocycles. The van der Waals surface area contributed by atoms with E-state index in [1.165, 1.54) is 35.1 Å². The molecule has 0 bridgehead atoms. The highest BCUT2D eigenvalue weighted by Crippen LogP contribution is 2.38. The van der Waals surface area contributed by atoms with Crippen LogP contribution in [0.15, 0.2) is 35.2 Å². The summed E-state index contributed by atoms with van der Waals surface area (Å²) in [6.45, 7) is 4.17. The van der Waals surface area contributed by atoms with Crippen LogP contribution in [0.25, 0.3) is 0 Å². The molecule has 1 unspecified atom stereocenters. The Kier molecular flexibility index (Phi) is 6.95. The molecule has 2 amide bonds. The van der Waals surface area contributed by atoms with Crippen LogP contribution >= 0.6 is 0 Å². The minimum atomic E-state index is -1.39. The molecule has 30 heavy (non-hydrogen) atoms. The average Bonchev–Trinajstić information content (AvgIpc) is 3.37. The van der Waals surface area contributed by atoms with Gasteiger partial charge in [0.15, 0.2) is 0 Å². The molecule has 162 valence electrons. The van der Waals surface area contributed by atoms with Gasteiger partial charge in [-0.15, -0.1) is 0 Å². The van der Waals surface area contributed by atoms with Crippen LogP contribution in [0.4, 0.5) is 10.5 Å². The topological polar surface area (TPSA) is 110 Å². The summed E-state index contributed by atoms with van der Waals surface area (Å²) in [5.41, 5.74) is 12.9. The van der Waals surface area contributed by atoms with Gasteiger partial charge in [-0.1, -0.05) is 18.2 Å². The number of amides is 2. The zero-order valence-electron chi connectivity index (χ0n) is 18.0. The van der Waals surface area contributed by atoms with E-state index in [1.54, 1.807) is 12.1 Å². The van der Waals surface area contributed by atoms with Gasteiger partial charge in [0.2, 0.25) is 0 Å². The number of urea groups is 1. The second-order valence-electron chi connectivity index (χ2n) is 8.42. The third-order valence-electron chi connectivity index (χ3n) is 6.15. The summed E-state index contributed by atoms with van der Waals surface area (Å²) in [5, 5.41) is 11.3. The maximum atomic E-state index is 11.1. The van der Waals surface area contributed by atoms with Crippen LogP contribution in [-0.2, 0) is 42.2 Å². The van der Waals surface area contributed by atoms with Crippen LogP contribution < -0.4 is 21.5 Å². The van der Waals surface area contributed by atoms with Crippen molar-refractivity contribution in [3.05, 3.63) is 58.1 Å². The van der Waals surface area contributed by atoms with Crippen molar-refractivity contribution in [2.45, 2.75) is 62.8 Å². The van der Waals surface area contributed by atoms with Gasteiger partial charge in [-0.05, 0) is 99.4 Å². The predicted molar refractivity (Wildman–Crippen MR) is 123 cm³/mol. The van der Waals surface area contributed by atoms with Gasteiger partial charge in [-0.25, -0.2) is 14.1 Å². The van der Waals surface area contributed by atoms with Crippen molar-refractivity contribution >= 4 is 22.7 Å². The molecular formula is C23H32N4O2S. The summed E-state index contributed by atoms with van der Waals surface area (Å²) in [6.07, 6.45) is 6.86. The summed E-state index contributed by atoms with van der Waals surface area (Å²) in [7, 11) is 0.525. The molecule has 0 aromatic heterocycles. The molecule has 0 spiro atoms. The minimum absolute atomic E-state index is 0.0748. The fraction of sp³-hybridized carbons (Fsp3) is 0.435. The number of anilines is 1. The van der Waals surface area contributed by atoms with E-state index in [9.17, 15) is 9.00 Å². The van der Waals surface area contributed by atoms with Gasteiger partial charge in [0.1, 0.15) is 11.0 Å². The maximum absolute atomic E-state index is 11.1. The molecule has 1 atom stereocenters. The zero-order chi connectivity index (χ0) is 21.9. The molecule has 2 aromatic rings. The number of aryl methyl sites for hydroxylation is 2. The van der Waals surface area contributed by atoms with Gasteiger partial charge in [0.05, 0.1) is 4.90 Å². The van der Waals surface area contributed by atoms with Crippen molar-refractivity contribution in [3.63, 3.8) is 0 Å². The van der Waals surface area contributed by atoms with Crippen molar-refractivity contribution in [1.82, 2.24) is 5.32 Å². The van der Waals surface area contributed by atoms with E-state index in [0.717, 1.165) is 36.9 Å². The molecule has 0 saturated heterocycles. The number of fused-ring (bicyclic) bond motifs is 2. The Balaban J connectivity index is 0.000000173. The quantitative estimate of drug-likeness (QED) is 0.600. The minimum Gasteiger partial charge on any atom is -0.351 e. The van der Waals surface area contributed by atoms with E-state index in [2.05, 4.69) is 30.5 Å². The number of primary amides is 1. The molecule has 6 nitrogen and oxygen atoms in total. The van der Waals surface area contributed by atoms with Gasteiger partial charge < -0.3 is 16.4 Å². The van der Waals surface area contributed by atoms with E-state index in [0.29, 0.717) is 4.90 Å². The van der Waals surface area contributed by atoms with Crippen LogP contribution in [0.1, 0.15) is 54.5 Å². The lowest BCUT2D eigenvalue weighted by molar-refractivity contribution is 0.259. The van der Waals surface area contributed by atoms with Gasteiger partial charge in [-0.2, -0.15) is 0 Å². The molecule has 0 fully saturated rings. The first-order valence-electron chi connectivity index (χ1n) is 10.4. The summed E-state index contributed by atoms with van der Waals surface area (Å²) in [5.74, 6) is 0. The van der Waals surface area contributed by atoms with Gasteiger partial charge >= 0.3 is 6.03 Å². The average molecular weight is 429 g/mol. The van der Waals surface area contributed by atoms with E-state index in [-0.39, 0.29) is 5.54 Å². The second-order valence-corrected chi connectivity index (χ2v) is 9.49. The smallest absolute Gasteiger partial charge is 0.316 e. The normalized spacial score (nSPS) is 15.6. The summed E-state index contributed by atoms with van der Waals surface area (Å²) >= 11 is 0. The fourth-order valence-electron chi connectivity index (χ4n) is 4.24. The van der Waals surface area contributed by atoms with Crippen LogP contribution in [0, 0.1) is 0 Å². The monoisotopic (exact) mass is 428 g/mol. The van der Waals surface area contributed by atoms with E-state index in [1.807, 2.05) is 19.2 Å². The Morgan fingerprint density at radius 3 is 1.97 bits per heavy atom. The SMILES string of the molecule is CNC(C)(C)c1ccc(S(N)=O)cc1.NC(=O)Nc1c2c(cc3c1CCC3)CCC2. The number of nitrogens with one attached hydrogen (secondary N) is 2. The van der Waals surface area contributed by atoms with E-state index < -0.39 is 17.0 Å². The van der Waals surface area contributed by atoms with Gasteiger partial charge in [0.25, 0.3) is 0 Å². The van der Waals surface area contributed by atoms with Crippen LogP contribution in [-0.4, -0.2) is 17.3 Å². The van der Waals surface area contributed by atoms with Gasteiger partial charge in [-0.3, -0.25) is 0 Å². The largest absolute Gasteiger partial charge is 0.351 e. The van der Waals surface area contributed by atoms with E-state index in [4.69, 9.17) is 10.9 Å². The first-order chi connectivity index (χ1) is 14.2. The van der Waals surface area contributed by atoms with Crippen molar-refractivity contribution in [2.75, 3.05) is 12.4 Å². The van der Waals surface area contributed by atoms with E-state index >= 15 is 0 Å². The Morgan fingerprint density at radius 1 is 1.00 bits per heavy atom. The third-order valence-corrected chi connectivity index (χ3v) is 6.89. The van der Waals surface area contributed by atoms with Crippen LogP contribution in [0.2, 0.25) is 0 Å². The van der Waals surface area contributed by atoms with Gasteiger partial charge in [0, 0.05) is 11.2 Å². The number of rotatable bonds is 4. The molecule has 2 aliphatic rings. The third kappa shape index (κ3) is 4.91. The molecule has 4 rings (SSSR count). The lowest BCUT2D eigenvalue weighted by Crippen LogP contribution is -2.33. The molecule has 7 heteroatoms. The highest BCUT2D eigenvalue weighted by molar-refractivity contribution is 7.82. The number of hydrogen-bond donors (Lipinski definition) is 4. The molecular weight excluding hydrogens is 396 g/mol. The Labute approximate surface area is 181 Å². The second kappa shape index (κ2) is 9.29. The highest BCUT2D eigenvalue weighted by Gasteiger charge is 2.24. The molecule has 0 aliphatic heterocycles. The standard InChI is InChI=1S/C13H16N2O.C10H16N2OS/c14-13(16)15-12-10-5-1-3-8(10)7-9-4-2-6-11(9)12;1-10(2,12-3)8-4-6-9(7-5-8)14(11)13/h7H,1-6H2,(H3,14,15,16);4-7,12H,11H2,1-3H3. The molecule has 0 heterocycles. The molecule has 6 N–H and O–H groups in total. The number of carbonyl (C=O) groups is 1. The Hall–Kier alpha value is -2.22. The highest BCUT2D eigenvalue weighted by atomic mass is 32.2. The number of benzene rings is 2. The first-order valence-corrected chi connectivity index (χ1v) is 11.6. The molecule has 0 radical (unpaired) electrons. The first kappa shape index (κ1) is 22.5. The van der Waals surface area contributed by atoms with Crippen LogP contribution in [0.5, 0.6) is 0 Å². The lowest BCUT2D eigenvalue weighted by Gasteiger charge is -2.24. The summed E-state index contributed by atoms with van der Waals surface area (Å²) in [6, 6.07) is 9.38. The summed E-state index contributed by atoms with van der Waals surface area (Å²) in [4.78, 5) is 11.7. The molecule has 2 aromatic carbocycles. The Morgan fingerprint density at radius 2 is 1.53 bits per heavy atom. The number of carbonyl (C=O) groups excluding carboxylic acids is 1. The van der Waals surface area contributed by atoms with Crippen LogP contribution in [0.3, 0.4) is 0 Å². The van der Waals surface area contributed by atoms with Crippen molar-refractivity contribution in [1.29, 1.82) is 0 Å². The Bertz CT molecular complexity index is 922. The maximum Gasteiger partial charge on any atom is 0.316 e. The number of nitrogens with two attached hydrogens (primary N) is 2. The fourth-order valence-corrected chi connectivity index (χ4v) is 4.64.